The SMILES string of the molecule is COc1ccc(N)c(CCN(Cc2cc(Cl)ccc2Nc2cc(C(F)(F)F)c(F)cc2C(=O)O)C(=O)OC(C)(C)C)n1. The highest BCUT2D eigenvalue weighted by atomic mass is 35.5. The number of carbonyl (C=O) groups excluding carboxylic acids is 1. The van der Waals surface area contributed by atoms with Crippen molar-refractivity contribution in [3.05, 3.63) is 75.7 Å². The number of nitrogens with one attached hydrogen (secondary N) is 1. The third-order valence-corrected chi connectivity index (χ3v) is 6.04. The molecule has 226 valence electrons. The zero-order chi connectivity index (χ0) is 31.4. The van der Waals surface area contributed by atoms with Crippen molar-refractivity contribution < 1.29 is 41.7 Å². The maximum absolute atomic E-state index is 14.1. The molecule has 0 radical (unpaired) electrons. The maximum Gasteiger partial charge on any atom is 0.419 e. The number of hydrogen-bond donors (Lipinski definition) is 3. The third kappa shape index (κ3) is 8.38. The van der Waals surface area contributed by atoms with E-state index in [9.17, 15) is 32.3 Å². The van der Waals surface area contributed by atoms with Gasteiger partial charge in [0.25, 0.3) is 0 Å². The fourth-order valence-corrected chi connectivity index (χ4v) is 4.04. The van der Waals surface area contributed by atoms with Gasteiger partial charge in [0, 0.05) is 29.7 Å². The van der Waals surface area contributed by atoms with Gasteiger partial charge in [-0.2, -0.15) is 13.2 Å². The molecule has 42 heavy (non-hydrogen) atoms. The van der Waals surface area contributed by atoms with Crippen LogP contribution in [0.4, 0.5) is 39.4 Å². The van der Waals surface area contributed by atoms with Gasteiger partial charge in [-0.05, 0) is 62.7 Å². The number of aromatic carboxylic acids is 1. The molecule has 2 aromatic carbocycles. The summed E-state index contributed by atoms with van der Waals surface area (Å²) in [6, 6.07) is 8.13. The monoisotopic (exact) mass is 612 g/mol. The predicted octanol–water partition coefficient (Wildman–Crippen LogP) is 6.91. The van der Waals surface area contributed by atoms with E-state index in [-0.39, 0.29) is 30.2 Å². The number of alkyl halides is 3. The molecule has 0 aliphatic heterocycles. The Morgan fingerprint density at radius 3 is 2.38 bits per heavy atom. The fourth-order valence-electron chi connectivity index (χ4n) is 3.84. The predicted molar refractivity (Wildman–Crippen MR) is 149 cm³/mol. The molecule has 4 N–H and O–H groups in total. The highest BCUT2D eigenvalue weighted by molar-refractivity contribution is 6.30. The smallest absolute Gasteiger partial charge is 0.419 e. The molecule has 0 saturated heterocycles. The molecule has 1 amide bonds. The number of halogens is 5. The largest absolute Gasteiger partial charge is 0.481 e. The van der Waals surface area contributed by atoms with Crippen LogP contribution in [0.25, 0.3) is 0 Å². The molecule has 14 heteroatoms. The van der Waals surface area contributed by atoms with E-state index in [1.54, 1.807) is 32.9 Å². The summed E-state index contributed by atoms with van der Waals surface area (Å²) in [5.41, 5.74) is 3.52. The average Bonchev–Trinajstić information content (AvgIpc) is 2.87. The van der Waals surface area contributed by atoms with Gasteiger partial charge < -0.3 is 30.5 Å². The van der Waals surface area contributed by atoms with Crippen molar-refractivity contribution in [3.63, 3.8) is 0 Å². The Kier molecular flexibility index (Phi) is 9.77. The lowest BCUT2D eigenvalue weighted by atomic mass is 10.1. The number of hydrogen-bond acceptors (Lipinski definition) is 7. The zero-order valence-corrected chi connectivity index (χ0v) is 23.9. The minimum atomic E-state index is -5.08. The second kappa shape index (κ2) is 12.7. The van der Waals surface area contributed by atoms with E-state index in [0.717, 1.165) is 0 Å². The van der Waals surface area contributed by atoms with Crippen molar-refractivity contribution in [2.24, 2.45) is 0 Å². The Balaban J connectivity index is 2.02. The first-order valence-electron chi connectivity index (χ1n) is 12.4. The number of amides is 1. The zero-order valence-electron chi connectivity index (χ0n) is 23.1. The van der Waals surface area contributed by atoms with Crippen LogP contribution >= 0.6 is 11.6 Å². The molecule has 0 aliphatic carbocycles. The number of anilines is 3. The van der Waals surface area contributed by atoms with Crippen molar-refractivity contribution in [1.82, 2.24) is 9.88 Å². The first-order valence-corrected chi connectivity index (χ1v) is 12.8. The van der Waals surface area contributed by atoms with Gasteiger partial charge in [0.05, 0.1) is 41.9 Å². The number of rotatable bonds is 9. The number of aromatic nitrogens is 1. The summed E-state index contributed by atoms with van der Waals surface area (Å²) < 4.78 is 65.1. The van der Waals surface area contributed by atoms with E-state index in [1.807, 2.05) is 0 Å². The van der Waals surface area contributed by atoms with Gasteiger partial charge in [0.1, 0.15) is 11.4 Å². The molecular formula is C28H29ClF4N4O5. The normalized spacial score (nSPS) is 11.6. The van der Waals surface area contributed by atoms with Crippen LogP contribution in [0.15, 0.2) is 42.5 Å². The lowest BCUT2D eigenvalue weighted by Gasteiger charge is -2.28. The molecule has 0 aliphatic rings. The van der Waals surface area contributed by atoms with Crippen LogP contribution in [0, 0.1) is 5.82 Å². The van der Waals surface area contributed by atoms with E-state index in [0.29, 0.717) is 35.0 Å². The van der Waals surface area contributed by atoms with Crippen molar-refractivity contribution in [1.29, 1.82) is 0 Å². The molecule has 1 aromatic heterocycles. The molecule has 9 nitrogen and oxygen atoms in total. The summed E-state index contributed by atoms with van der Waals surface area (Å²) >= 11 is 6.21. The van der Waals surface area contributed by atoms with E-state index in [4.69, 9.17) is 26.8 Å². The number of carbonyl (C=O) groups is 2. The standard InChI is InChI=1S/C28H29ClF4N4O5/c1-27(2,3)42-26(40)37(10-9-22-20(34)6-8-24(36-22)41-4)14-15-11-16(29)5-7-21(15)35-23-13-18(28(31,32)33)19(30)12-17(23)25(38)39/h5-8,11-13,35H,9-10,14,34H2,1-4H3,(H,38,39). The van der Waals surface area contributed by atoms with Crippen LogP contribution in [0.1, 0.15) is 48.0 Å². The van der Waals surface area contributed by atoms with Crippen molar-refractivity contribution in [2.45, 2.75) is 45.5 Å². The van der Waals surface area contributed by atoms with Crippen LogP contribution in [0.5, 0.6) is 5.88 Å². The van der Waals surface area contributed by atoms with Crippen LogP contribution in [0.3, 0.4) is 0 Å². The average molecular weight is 613 g/mol. The molecule has 3 aromatic rings. The Morgan fingerprint density at radius 2 is 1.79 bits per heavy atom. The molecule has 1 heterocycles. The molecular weight excluding hydrogens is 584 g/mol. The minimum Gasteiger partial charge on any atom is -0.481 e. The first-order chi connectivity index (χ1) is 19.5. The summed E-state index contributed by atoms with van der Waals surface area (Å²) in [6.45, 7) is 4.91. The van der Waals surface area contributed by atoms with E-state index >= 15 is 0 Å². The Hall–Kier alpha value is -4.26. The number of methoxy groups -OCH3 is 1. The number of benzene rings is 2. The van der Waals surface area contributed by atoms with Crippen LogP contribution < -0.4 is 15.8 Å². The van der Waals surface area contributed by atoms with Crippen molar-refractivity contribution in [3.8, 4) is 5.88 Å². The summed E-state index contributed by atoms with van der Waals surface area (Å²) in [4.78, 5) is 30.6. The Bertz CT molecular complexity index is 1480. The van der Waals surface area contributed by atoms with Gasteiger partial charge in [-0.25, -0.2) is 19.0 Å². The van der Waals surface area contributed by atoms with Crippen molar-refractivity contribution >= 4 is 40.7 Å². The van der Waals surface area contributed by atoms with E-state index in [1.165, 1.54) is 30.2 Å². The van der Waals surface area contributed by atoms with Gasteiger partial charge in [-0.3, -0.25) is 0 Å². The molecule has 0 bridgehead atoms. The molecule has 0 spiro atoms. The van der Waals surface area contributed by atoms with Crippen LogP contribution in [-0.4, -0.2) is 46.3 Å². The minimum absolute atomic E-state index is 0.0420. The third-order valence-electron chi connectivity index (χ3n) is 5.80. The molecule has 0 atom stereocenters. The maximum atomic E-state index is 14.1. The van der Waals surface area contributed by atoms with Gasteiger partial charge in [-0.15, -0.1) is 0 Å². The number of nitrogens with two attached hydrogens (primary N) is 1. The number of carboxylic acids is 1. The van der Waals surface area contributed by atoms with Crippen molar-refractivity contribution in [2.75, 3.05) is 24.7 Å². The number of carboxylic acid groups (broad SMARTS) is 1. The Labute approximate surface area is 244 Å². The molecule has 0 unspecified atom stereocenters. The Morgan fingerprint density at radius 1 is 1.10 bits per heavy atom. The molecule has 0 fully saturated rings. The second-order valence-corrected chi connectivity index (χ2v) is 10.6. The van der Waals surface area contributed by atoms with E-state index < -0.39 is 46.5 Å². The van der Waals surface area contributed by atoms with Gasteiger partial charge >= 0.3 is 18.2 Å². The molecule has 0 saturated carbocycles. The summed E-state index contributed by atoms with van der Waals surface area (Å²) in [5.74, 6) is -3.07. The molecule has 3 rings (SSSR count). The highest BCUT2D eigenvalue weighted by Gasteiger charge is 2.36. The highest BCUT2D eigenvalue weighted by Crippen LogP contribution is 2.36. The number of pyridine rings is 1. The van der Waals surface area contributed by atoms with Gasteiger partial charge in [0.2, 0.25) is 5.88 Å². The first kappa shape index (κ1) is 32.3. The topological polar surface area (TPSA) is 127 Å². The number of nitrogen functional groups attached to an aromatic ring is 1. The van der Waals surface area contributed by atoms with Gasteiger partial charge in [0.15, 0.2) is 0 Å². The van der Waals surface area contributed by atoms with E-state index in [2.05, 4.69) is 10.3 Å². The number of ether oxygens (including phenoxy) is 2. The quantitative estimate of drug-likeness (QED) is 0.223. The second-order valence-electron chi connectivity index (χ2n) is 10.1. The summed E-state index contributed by atoms with van der Waals surface area (Å²) in [5, 5.41) is 12.4. The lowest BCUT2D eigenvalue weighted by molar-refractivity contribution is -0.139. The lowest BCUT2D eigenvalue weighted by Crippen LogP contribution is -2.38. The summed E-state index contributed by atoms with van der Waals surface area (Å²) in [7, 11) is 1.44. The summed E-state index contributed by atoms with van der Waals surface area (Å²) in [6.07, 6.45) is -5.62. The van der Waals surface area contributed by atoms with Crippen LogP contribution in [-0.2, 0) is 23.9 Å². The fraction of sp³-hybridized carbons (Fsp3) is 0.321. The van der Waals surface area contributed by atoms with Gasteiger partial charge in [-0.1, -0.05) is 11.6 Å². The number of nitrogens with zero attached hydrogens (tertiary/aromatic N) is 2. The van der Waals surface area contributed by atoms with Crippen LogP contribution in [0.2, 0.25) is 5.02 Å².